The Labute approximate surface area is 185 Å². The molecule has 0 saturated carbocycles. The van der Waals surface area contributed by atoms with Crippen LogP contribution in [-0.2, 0) is 19.4 Å². The Hall–Kier alpha value is -3.10. The molecule has 0 amide bonds. The Bertz CT molecular complexity index is 1190. The Balaban J connectivity index is 1.56. The molecule has 0 spiro atoms. The van der Waals surface area contributed by atoms with Crippen molar-refractivity contribution in [3.05, 3.63) is 81.0 Å². The fourth-order valence-corrected chi connectivity index (χ4v) is 5.27. The maximum atomic E-state index is 13.3. The van der Waals surface area contributed by atoms with Gasteiger partial charge in [-0.15, -0.1) is 11.3 Å². The predicted octanol–water partition coefficient (Wildman–Crippen LogP) is 2.28. The SMILES string of the molecule is COc1cccc(Cn2cnc3sc4c(c3c2=O)CCC(NCC(/C=C\N)=C/N)C4)c1. The summed E-state index contributed by atoms with van der Waals surface area (Å²) in [6, 6.07) is 8.09. The van der Waals surface area contributed by atoms with Crippen molar-refractivity contribution in [3.63, 3.8) is 0 Å². The number of fused-ring (bicyclic) bond motifs is 3. The third kappa shape index (κ3) is 4.50. The highest BCUT2D eigenvalue weighted by Crippen LogP contribution is 2.33. The second-order valence-corrected chi connectivity index (χ2v) is 8.72. The quantitative estimate of drug-likeness (QED) is 0.490. The first-order valence-electron chi connectivity index (χ1n) is 10.3. The van der Waals surface area contributed by atoms with E-state index >= 15 is 0 Å². The highest BCUT2D eigenvalue weighted by Gasteiger charge is 2.25. The minimum absolute atomic E-state index is 0.0261. The van der Waals surface area contributed by atoms with Crippen LogP contribution in [0, 0.1) is 0 Å². The summed E-state index contributed by atoms with van der Waals surface area (Å²) in [5.41, 5.74) is 14.2. The van der Waals surface area contributed by atoms with Gasteiger partial charge in [-0.3, -0.25) is 9.36 Å². The fourth-order valence-electron chi connectivity index (χ4n) is 4.01. The van der Waals surface area contributed by atoms with E-state index in [1.807, 2.05) is 24.3 Å². The molecule has 0 fully saturated rings. The van der Waals surface area contributed by atoms with Gasteiger partial charge in [0.05, 0.1) is 25.4 Å². The van der Waals surface area contributed by atoms with Gasteiger partial charge in [-0.05, 0) is 66.6 Å². The molecule has 1 aliphatic rings. The number of hydrogen-bond acceptors (Lipinski definition) is 7. The molecule has 2 aromatic heterocycles. The predicted molar refractivity (Wildman–Crippen MR) is 125 cm³/mol. The molecule has 1 unspecified atom stereocenters. The van der Waals surface area contributed by atoms with Crippen LogP contribution < -0.4 is 27.1 Å². The van der Waals surface area contributed by atoms with E-state index in [9.17, 15) is 4.79 Å². The molecule has 162 valence electrons. The zero-order chi connectivity index (χ0) is 21.8. The van der Waals surface area contributed by atoms with Crippen molar-refractivity contribution in [2.75, 3.05) is 13.7 Å². The summed E-state index contributed by atoms with van der Waals surface area (Å²) in [5.74, 6) is 0.778. The molecule has 1 aliphatic carbocycles. The average Bonchev–Trinajstić information content (AvgIpc) is 3.17. The van der Waals surface area contributed by atoms with Crippen LogP contribution in [0.15, 0.2) is 59.4 Å². The van der Waals surface area contributed by atoms with Crippen molar-refractivity contribution >= 4 is 21.6 Å². The summed E-state index contributed by atoms with van der Waals surface area (Å²) < 4.78 is 6.98. The van der Waals surface area contributed by atoms with Crippen molar-refractivity contribution in [3.8, 4) is 5.75 Å². The van der Waals surface area contributed by atoms with Gasteiger partial charge >= 0.3 is 0 Å². The van der Waals surface area contributed by atoms with Crippen molar-refractivity contribution in [2.45, 2.75) is 31.8 Å². The number of aromatic nitrogens is 2. The van der Waals surface area contributed by atoms with Crippen LogP contribution >= 0.6 is 11.3 Å². The third-order valence-electron chi connectivity index (χ3n) is 5.64. The summed E-state index contributed by atoms with van der Waals surface area (Å²) >= 11 is 1.63. The first-order chi connectivity index (χ1) is 15.1. The highest BCUT2D eigenvalue weighted by molar-refractivity contribution is 7.18. The number of nitrogens with one attached hydrogen (secondary N) is 1. The molecule has 2 heterocycles. The Kier molecular flexibility index (Phi) is 6.39. The van der Waals surface area contributed by atoms with Crippen LogP contribution in [0.3, 0.4) is 0 Å². The maximum absolute atomic E-state index is 13.3. The van der Waals surface area contributed by atoms with Gasteiger partial charge in [0.2, 0.25) is 0 Å². The Morgan fingerprint density at radius 3 is 3.06 bits per heavy atom. The molecule has 31 heavy (non-hydrogen) atoms. The highest BCUT2D eigenvalue weighted by atomic mass is 32.1. The van der Waals surface area contributed by atoms with Crippen molar-refractivity contribution in [2.24, 2.45) is 11.5 Å². The first-order valence-corrected chi connectivity index (χ1v) is 11.1. The molecule has 0 saturated heterocycles. The van der Waals surface area contributed by atoms with E-state index in [-0.39, 0.29) is 5.56 Å². The summed E-state index contributed by atoms with van der Waals surface area (Å²) in [7, 11) is 1.64. The molecule has 3 aromatic rings. The molecule has 1 aromatic carbocycles. The Morgan fingerprint density at radius 2 is 2.29 bits per heavy atom. The normalized spacial score (nSPS) is 16.7. The van der Waals surface area contributed by atoms with Gasteiger partial charge in [-0.25, -0.2) is 4.98 Å². The van der Waals surface area contributed by atoms with Crippen LogP contribution in [-0.4, -0.2) is 29.2 Å². The first kappa shape index (κ1) is 21.1. The minimum atomic E-state index is 0.0261. The van der Waals surface area contributed by atoms with E-state index in [2.05, 4.69) is 10.3 Å². The van der Waals surface area contributed by atoms with Crippen LogP contribution in [0.25, 0.3) is 10.2 Å². The van der Waals surface area contributed by atoms with Gasteiger partial charge in [0.1, 0.15) is 10.6 Å². The number of hydrogen-bond donors (Lipinski definition) is 3. The van der Waals surface area contributed by atoms with Crippen molar-refractivity contribution in [1.82, 2.24) is 14.9 Å². The zero-order valence-electron chi connectivity index (χ0n) is 17.5. The number of nitrogens with two attached hydrogens (primary N) is 2. The molecule has 4 rings (SSSR count). The zero-order valence-corrected chi connectivity index (χ0v) is 18.3. The molecule has 7 nitrogen and oxygen atoms in total. The van der Waals surface area contributed by atoms with Gasteiger partial charge in [0, 0.05) is 17.5 Å². The second kappa shape index (κ2) is 9.36. The smallest absolute Gasteiger partial charge is 0.262 e. The number of aryl methyl sites for hydroxylation is 1. The van der Waals surface area contributed by atoms with E-state index in [1.165, 1.54) is 11.1 Å². The van der Waals surface area contributed by atoms with Crippen molar-refractivity contribution < 1.29 is 4.74 Å². The lowest BCUT2D eigenvalue weighted by Crippen LogP contribution is -2.35. The number of methoxy groups -OCH3 is 1. The molecule has 0 radical (unpaired) electrons. The average molecular weight is 438 g/mol. The van der Waals surface area contributed by atoms with Crippen LogP contribution in [0.4, 0.5) is 0 Å². The number of thiophene rings is 1. The molecule has 0 aliphatic heterocycles. The summed E-state index contributed by atoms with van der Waals surface area (Å²) in [6.07, 6.45) is 9.23. The molecule has 8 heteroatoms. The van der Waals surface area contributed by atoms with Gasteiger partial charge in [0.25, 0.3) is 5.56 Å². The lowest BCUT2D eigenvalue weighted by Gasteiger charge is -2.23. The van der Waals surface area contributed by atoms with Gasteiger partial charge in [0.15, 0.2) is 0 Å². The second-order valence-electron chi connectivity index (χ2n) is 7.63. The summed E-state index contributed by atoms with van der Waals surface area (Å²) in [5, 5.41) is 4.32. The number of ether oxygens (including phenoxy) is 1. The summed E-state index contributed by atoms with van der Waals surface area (Å²) in [4.78, 5) is 19.9. The van der Waals surface area contributed by atoms with Gasteiger partial charge in [-0.2, -0.15) is 0 Å². The molecular formula is C23H27N5O2S. The van der Waals surface area contributed by atoms with E-state index in [1.54, 1.807) is 41.6 Å². The number of rotatable bonds is 7. The van der Waals surface area contributed by atoms with Crippen LogP contribution in [0.2, 0.25) is 0 Å². The monoisotopic (exact) mass is 437 g/mol. The van der Waals surface area contributed by atoms with Crippen LogP contribution in [0.5, 0.6) is 5.75 Å². The van der Waals surface area contributed by atoms with Gasteiger partial charge < -0.3 is 21.5 Å². The largest absolute Gasteiger partial charge is 0.497 e. The van der Waals surface area contributed by atoms with E-state index in [4.69, 9.17) is 16.2 Å². The van der Waals surface area contributed by atoms with E-state index in [0.29, 0.717) is 19.1 Å². The van der Waals surface area contributed by atoms with Crippen LogP contribution in [0.1, 0.15) is 22.4 Å². The standard InChI is InChI=1S/C23H27N5O2S/c1-30-18-4-2-3-15(9-18)13-28-14-27-22-21(23(28)29)19-6-5-17(10-20(19)31-22)26-12-16(11-25)7-8-24/h2-4,7-9,11,14,17,26H,5-6,10,12-13,24-25H2,1H3/b8-7-,16-11+. The molecule has 5 N–H and O–H groups in total. The van der Waals surface area contributed by atoms with Crippen molar-refractivity contribution in [1.29, 1.82) is 0 Å². The van der Waals surface area contributed by atoms with E-state index < -0.39 is 0 Å². The number of nitrogens with zero attached hydrogens (tertiary/aromatic N) is 2. The topological polar surface area (TPSA) is 108 Å². The summed E-state index contributed by atoms with van der Waals surface area (Å²) in [6.45, 7) is 1.14. The number of benzene rings is 1. The fraction of sp³-hybridized carbons (Fsp3) is 0.304. The Morgan fingerprint density at radius 1 is 1.42 bits per heavy atom. The molecular weight excluding hydrogens is 410 g/mol. The lowest BCUT2D eigenvalue weighted by atomic mass is 9.93. The minimum Gasteiger partial charge on any atom is -0.497 e. The third-order valence-corrected chi connectivity index (χ3v) is 6.80. The maximum Gasteiger partial charge on any atom is 0.262 e. The molecule has 1 atom stereocenters. The molecule has 0 bridgehead atoms. The van der Waals surface area contributed by atoms with Gasteiger partial charge in [-0.1, -0.05) is 12.1 Å². The lowest BCUT2D eigenvalue weighted by molar-refractivity contribution is 0.414. The van der Waals surface area contributed by atoms with E-state index in [0.717, 1.165) is 51.9 Å².